The number of hydrogen-bond acceptors (Lipinski definition) is 5. The second kappa shape index (κ2) is 6.19. The number of hydrogen-bond donors (Lipinski definition) is 4. The number of benzene rings is 1. The van der Waals surface area contributed by atoms with Crippen molar-refractivity contribution in [1.29, 1.82) is 0 Å². The Kier molecular flexibility index (Phi) is 4.63. The molecule has 3 amide bonds. The first-order chi connectivity index (χ1) is 8.93. The van der Waals surface area contributed by atoms with E-state index in [1.165, 1.54) is 12.1 Å². The monoisotopic (exact) mass is 268 g/mol. The number of carbonyl (C=O) groups is 2. The number of nitrogens with one attached hydrogen (secondary N) is 2. The van der Waals surface area contributed by atoms with Crippen molar-refractivity contribution in [1.82, 2.24) is 10.6 Å². The lowest BCUT2D eigenvalue weighted by Crippen LogP contribution is -2.37. The quantitative estimate of drug-likeness (QED) is 0.328. The molecule has 5 N–H and O–H groups in total. The number of amides is 3. The van der Waals surface area contributed by atoms with Crippen molar-refractivity contribution in [2.24, 2.45) is 5.73 Å². The molecule has 0 bridgehead atoms. The van der Waals surface area contributed by atoms with Gasteiger partial charge in [-0.15, -0.1) is 0 Å². The molecule has 19 heavy (non-hydrogen) atoms. The number of phenols is 1. The number of nitrogens with two attached hydrogens (primary N) is 1. The Morgan fingerprint density at radius 2 is 1.95 bits per heavy atom. The zero-order valence-corrected chi connectivity index (χ0v) is 9.75. The van der Waals surface area contributed by atoms with Crippen molar-refractivity contribution in [3.63, 3.8) is 0 Å². The molecule has 0 radical (unpaired) electrons. The highest BCUT2D eigenvalue weighted by molar-refractivity contribution is 5.98. The molecule has 0 saturated heterocycles. The summed E-state index contributed by atoms with van der Waals surface area (Å²) >= 11 is 0. The van der Waals surface area contributed by atoms with Gasteiger partial charge in [-0.05, 0) is 6.07 Å². The smallest absolute Gasteiger partial charge is 0.312 e. The van der Waals surface area contributed by atoms with Crippen LogP contribution in [0.4, 0.5) is 10.5 Å². The first kappa shape index (κ1) is 14.2. The maximum atomic E-state index is 11.6. The van der Waals surface area contributed by atoms with E-state index in [2.05, 4.69) is 10.6 Å². The number of nitrogens with zero attached hydrogens (tertiary/aromatic N) is 1. The fourth-order valence-electron chi connectivity index (χ4n) is 1.32. The summed E-state index contributed by atoms with van der Waals surface area (Å²) in [6, 6.07) is 2.89. The van der Waals surface area contributed by atoms with E-state index in [1.807, 2.05) is 0 Å². The third-order valence-corrected chi connectivity index (χ3v) is 2.17. The first-order valence-corrected chi connectivity index (χ1v) is 5.21. The molecule has 0 atom stereocenters. The van der Waals surface area contributed by atoms with Crippen LogP contribution in [0.1, 0.15) is 10.4 Å². The van der Waals surface area contributed by atoms with Gasteiger partial charge >= 0.3 is 11.7 Å². The number of rotatable bonds is 5. The maximum Gasteiger partial charge on any atom is 0.312 e. The summed E-state index contributed by atoms with van der Waals surface area (Å²) in [5.41, 5.74) is 4.05. The molecule has 0 aliphatic rings. The number of nitro groups is 1. The minimum Gasteiger partial charge on any atom is -0.502 e. The lowest BCUT2D eigenvalue weighted by molar-refractivity contribution is -0.385. The number of para-hydroxylation sites is 1. The van der Waals surface area contributed by atoms with Crippen molar-refractivity contribution in [3.8, 4) is 5.75 Å². The molecular formula is C10H12N4O5. The molecule has 0 heterocycles. The van der Waals surface area contributed by atoms with E-state index < -0.39 is 28.3 Å². The summed E-state index contributed by atoms with van der Waals surface area (Å²) in [6.07, 6.45) is 0. The van der Waals surface area contributed by atoms with Crippen LogP contribution in [0, 0.1) is 10.1 Å². The number of carbonyl (C=O) groups excluding carboxylic acids is 2. The van der Waals surface area contributed by atoms with Gasteiger partial charge in [0.1, 0.15) is 0 Å². The van der Waals surface area contributed by atoms with Crippen molar-refractivity contribution < 1.29 is 19.6 Å². The van der Waals surface area contributed by atoms with E-state index in [1.54, 1.807) is 0 Å². The molecule has 9 heteroatoms. The molecule has 0 aliphatic carbocycles. The molecule has 102 valence electrons. The highest BCUT2D eigenvalue weighted by Crippen LogP contribution is 2.28. The van der Waals surface area contributed by atoms with E-state index >= 15 is 0 Å². The van der Waals surface area contributed by atoms with Gasteiger partial charge in [0.05, 0.1) is 10.5 Å². The Morgan fingerprint density at radius 1 is 1.32 bits per heavy atom. The summed E-state index contributed by atoms with van der Waals surface area (Å²) in [5, 5.41) is 24.8. The van der Waals surface area contributed by atoms with Gasteiger partial charge in [0, 0.05) is 19.2 Å². The van der Waals surface area contributed by atoms with Crippen molar-refractivity contribution >= 4 is 17.6 Å². The normalized spacial score (nSPS) is 9.68. The predicted molar refractivity (Wildman–Crippen MR) is 64.7 cm³/mol. The zero-order chi connectivity index (χ0) is 14.4. The van der Waals surface area contributed by atoms with Crippen LogP contribution >= 0.6 is 0 Å². The van der Waals surface area contributed by atoms with Crippen LogP contribution in [0.15, 0.2) is 18.2 Å². The van der Waals surface area contributed by atoms with Gasteiger partial charge in [0.2, 0.25) is 5.75 Å². The summed E-state index contributed by atoms with van der Waals surface area (Å²) in [4.78, 5) is 31.8. The molecule has 1 aromatic rings. The van der Waals surface area contributed by atoms with E-state index in [-0.39, 0.29) is 18.7 Å². The van der Waals surface area contributed by atoms with E-state index in [0.29, 0.717) is 0 Å². The van der Waals surface area contributed by atoms with Crippen LogP contribution in [0.25, 0.3) is 0 Å². The summed E-state index contributed by atoms with van der Waals surface area (Å²) < 4.78 is 0. The minimum absolute atomic E-state index is 0.0733. The Balaban J connectivity index is 2.70. The topological polar surface area (TPSA) is 148 Å². The molecule has 1 rings (SSSR count). The fraction of sp³-hybridized carbons (Fsp3) is 0.200. The van der Waals surface area contributed by atoms with Crippen LogP contribution in [-0.4, -0.2) is 35.1 Å². The SMILES string of the molecule is NC(=O)NCCNC(=O)c1cccc([N+](=O)[O-])c1O. The van der Waals surface area contributed by atoms with Gasteiger partial charge in [-0.3, -0.25) is 14.9 Å². The van der Waals surface area contributed by atoms with Gasteiger partial charge in [-0.25, -0.2) is 4.79 Å². The molecule has 0 fully saturated rings. The van der Waals surface area contributed by atoms with Crippen LogP contribution in [0.3, 0.4) is 0 Å². The van der Waals surface area contributed by atoms with Gasteiger partial charge < -0.3 is 21.5 Å². The van der Waals surface area contributed by atoms with E-state index in [0.717, 1.165) is 6.07 Å². The summed E-state index contributed by atoms with van der Waals surface area (Å²) in [7, 11) is 0. The maximum absolute atomic E-state index is 11.6. The van der Waals surface area contributed by atoms with Crippen LogP contribution < -0.4 is 16.4 Å². The molecule has 0 saturated carbocycles. The number of nitro benzene ring substituents is 1. The third-order valence-electron chi connectivity index (χ3n) is 2.17. The molecular weight excluding hydrogens is 256 g/mol. The van der Waals surface area contributed by atoms with Crippen molar-refractivity contribution in [2.75, 3.05) is 13.1 Å². The van der Waals surface area contributed by atoms with Crippen molar-refractivity contribution in [3.05, 3.63) is 33.9 Å². The van der Waals surface area contributed by atoms with Gasteiger partial charge in [0.15, 0.2) is 0 Å². The van der Waals surface area contributed by atoms with Crippen LogP contribution in [0.2, 0.25) is 0 Å². The largest absolute Gasteiger partial charge is 0.502 e. The van der Waals surface area contributed by atoms with E-state index in [4.69, 9.17) is 5.73 Å². The minimum atomic E-state index is -0.791. The highest BCUT2D eigenvalue weighted by Gasteiger charge is 2.20. The average molecular weight is 268 g/mol. The lowest BCUT2D eigenvalue weighted by atomic mass is 10.1. The number of phenolic OH excluding ortho intramolecular Hbond substituents is 1. The number of primary amides is 1. The van der Waals surface area contributed by atoms with E-state index in [9.17, 15) is 24.8 Å². The second-order valence-corrected chi connectivity index (χ2v) is 3.48. The third kappa shape index (κ3) is 3.84. The van der Waals surface area contributed by atoms with Gasteiger partial charge in [0.25, 0.3) is 5.91 Å². The van der Waals surface area contributed by atoms with Crippen molar-refractivity contribution in [2.45, 2.75) is 0 Å². The second-order valence-electron chi connectivity index (χ2n) is 3.48. The van der Waals surface area contributed by atoms with Crippen LogP contribution in [0.5, 0.6) is 5.75 Å². The standard InChI is InChI=1S/C10H12N4O5/c11-10(17)13-5-4-12-9(16)6-2-1-3-7(8(6)15)14(18)19/h1-3,15H,4-5H2,(H,12,16)(H3,11,13,17). The van der Waals surface area contributed by atoms with Gasteiger partial charge in [-0.2, -0.15) is 0 Å². The first-order valence-electron chi connectivity index (χ1n) is 5.21. The van der Waals surface area contributed by atoms with Gasteiger partial charge in [-0.1, -0.05) is 6.07 Å². The molecule has 0 spiro atoms. The Bertz CT molecular complexity index is 517. The molecule has 0 aliphatic heterocycles. The number of aromatic hydroxyl groups is 1. The molecule has 0 unspecified atom stereocenters. The summed E-state index contributed by atoms with van der Waals surface area (Å²) in [6.45, 7) is 0.181. The average Bonchev–Trinajstić information content (AvgIpc) is 2.34. The zero-order valence-electron chi connectivity index (χ0n) is 9.75. The Labute approximate surface area is 107 Å². The van der Waals surface area contributed by atoms with Crippen LogP contribution in [-0.2, 0) is 0 Å². The molecule has 1 aromatic carbocycles. The molecule has 9 nitrogen and oxygen atoms in total. The Hall–Kier alpha value is -2.84. The predicted octanol–water partition coefficient (Wildman–Crippen LogP) is -0.301. The summed E-state index contributed by atoms with van der Waals surface area (Å²) in [5.74, 6) is -1.39. The Morgan fingerprint density at radius 3 is 2.53 bits per heavy atom. The number of urea groups is 1. The molecule has 0 aromatic heterocycles. The highest BCUT2D eigenvalue weighted by atomic mass is 16.6. The lowest BCUT2D eigenvalue weighted by Gasteiger charge is -2.07. The fourth-order valence-corrected chi connectivity index (χ4v) is 1.32.